The van der Waals surface area contributed by atoms with Gasteiger partial charge >= 0.3 is 30.7 Å². The van der Waals surface area contributed by atoms with Gasteiger partial charge < -0.3 is 14.4 Å². The molecule has 0 N–H and O–H groups in total. The number of rotatable bonds is 6. The Labute approximate surface area is 246 Å². The van der Waals surface area contributed by atoms with E-state index in [-0.39, 0.29) is 29.7 Å². The molecule has 2 aromatic rings. The number of halogens is 9. The van der Waals surface area contributed by atoms with Gasteiger partial charge in [0.1, 0.15) is 0 Å². The molecule has 0 saturated heterocycles. The van der Waals surface area contributed by atoms with Crippen LogP contribution in [0.15, 0.2) is 36.4 Å². The minimum Gasteiger partial charge on any atom is -0.453 e. The van der Waals surface area contributed by atoms with Gasteiger partial charge in [-0.15, -0.1) is 0 Å². The van der Waals surface area contributed by atoms with Crippen LogP contribution in [0.1, 0.15) is 67.0 Å². The Morgan fingerprint density at radius 1 is 0.886 bits per heavy atom. The van der Waals surface area contributed by atoms with E-state index in [9.17, 15) is 49.1 Å². The molecule has 0 bridgehead atoms. The number of amides is 2. The summed E-state index contributed by atoms with van der Waals surface area (Å²) < 4.78 is 132. The number of carbonyl (C=O) groups excluding carboxylic acids is 2. The molecule has 2 aliphatic rings. The number of hydrogen-bond acceptors (Lipinski definition) is 4. The minimum absolute atomic E-state index is 0.0251. The zero-order valence-electron chi connectivity index (χ0n) is 23.7. The van der Waals surface area contributed by atoms with Gasteiger partial charge in [0.05, 0.1) is 41.6 Å². The fourth-order valence-electron chi connectivity index (χ4n) is 5.43. The quantitative estimate of drug-likeness (QED) is 0.297. The highest BCUT2D eigenvalue weighted by molar-refractivity contribution is 5.91. The van der Waals surface area contributed by atoms with Gasteiger partial charge in [0.15, 0.2) is 0 Å². The number of alkyl halides is 9. The summed E-state index contributed by atoms with van der Waals surface area (Å²) >= 11 is 0. The standard InChI is InChI=1S/C29H29F9N2O4/c1-15(2)44-26(42)40-22-7-6-18(27(30,31)32)13-21(22)24(14-23(40)17-4-5-17)39(25(41)43-3)9-8-16-10-19(28(33,34)35)12-20(11-16)29(36,37)38/h6-7,10-13,15,17,23-24H,4-5,8-9,14H2,1-3H3. The Hall–Kier alpha value is -3.65. The lowest BCUT2D eigenvalue weighted by Gasteiger charge is -2.44. The Balaban J connectivity index is 1.79. The summed E-state index contributed by atoms with van der Waals surface area (Å²) in [5.74, 6) is -0.0787. The van der Waals surface area contributed by atoms with E-state index in [1.54, 1.807) is 13.8 Å². The SMILES string of the molecule is COC(=O)N(CCc1cc(C(F)(F)F)cc(C(F)(F)F)c1)C1CC(C2CC2)N(C(=O)OC(C)C)c2ccc(C(F)(F)F)cc21. The van der Waals surface area contributed by atoms with Crippen molar-refractivity contribution in [1.82, 2.24) is 4.90 Å². The summed E-state index contributed by atoms with van der Waals surface area (Å²) in [6.45, 7) is 2.70. The minimum atomic E-state index is -5.10. The van der Waals surface area contributed by atoms with Gasteiger partial charge in [0.25, 0.3) is 0 Å². The van der Waals surface area contributed by atoms with Crippen LogP contribution in [-0.4, -0.2) is 42.9 Å². The second-order valence-electron chi connectivity index (χ2n) is 11.1. The van der Waals surface area contributed by atoms with Crippen LogP contribution in [0.2, 0.25) is 0 Å². The van der Waals surface area contributed by atoms with Crippen molar-refractivity contribution in [1.29, 1.82) is 0 Å². The molecule has 1 fully saturated rings. The largest absolute Gasteiger partial charge is 0.453 e. The molecule has 2 aromatic carbocycles. The average molecular weight is 641 g/mol. The number of hydrogen-bond donors (Lipinski definition) is 0. The van der Waals surface area contributed by atoms with Crippen molar-refractivity contribution in [2.75, 3.05) is 18.6 Å². The average Bonchev–Trinajstić information content (AvgIpc) is 3.75. The molecule has 242 valence electrons. The molecule has 1 aliphatic heterocycles. The van der Waals surface area contributed by atoms with Gasteiger partial charge in [-0.05, 0) is 93.0 Å². The lowest BCUT2D eigenvalue weighted by molar-refractivity contribution is -0.143. The van der Waals surface area contributed by atoms with E-state index < -0.39 is 84.1 Å². The van der Waals surface area contributed by atoms with Gasteiger partial charge in [-0.25, -0.2) is 9.59 Å². The highest BCUT2D eigenvalue weighted by Crippen LogP contribution is 2.50. The highest BCUT2D eigenvalue weighted by Gasteiger charge is 2.48. The van der Waals surface area contributed by atoms with Gasteiger partial charge in [-0.2, -0.15) is 39.5 Å². The first-order valence-corrected chi connectivity index (χ1v) is 13.6. The smallest absolute Gasteiger partial charge is 0.416 e. The number of fused-ring (bicyclic) bond motifs is 1. The van der Waals surface area contributed by atoms with Crippen molar-refractivity contribution < 1.29 is 58.6 Å². The first kappa shape index (κ1) is 33.2. The fraction of sp³-hybridized carbons (Fsp3) is 0.517. The maximum absolute atomic E-state index is 13.8. The van der Waals surface area contributed by atoms with Gasteiger partial charge in [-0.1, -0.05) is 0 Å². The van der Waals surface area contributed by atoms with Crippen LogP contribution >= 0.6 is 0 Å². The van der Waals surface area contributed by atoms with Crippen LogP contribution in [0.3, 0.4) is 0 Å². The van der Waals surface area contributed by atoms with Crippen LogP contribution in [0.4, 0.5) is 54.8 Å². The van der Waals surface area contributed by atoms with Gasteiger partial charge in [-0.3, -0.25) is 4.90 Å². The Morgan fingerprint density at radius 3 is 1.93 bits per heavy atom. The Bertz CT molecular complexity index is 1350. The summed E-state index contributed by atoms with van der Waals surface area (Å²) in [6.07, 6.45) is -16.6. The first-order chi connectivity index (χ1) is 20.3. The summed E-state index contributed by atoms with van der Waals surface area (Å²) in [7, 11) is 0.988. The van der Waals surface area contributed by atoms with Crippen molar-refractivity contribution >= 4 is 17.9 Å². The molecule has 0 spiro atoms. The van der Waals surface area contributed by atoms with Crippen molar-refractivity contribution in [3.05, 3.63) is 64.2 Å². The third-order valence-corrected chi connectivity index (χ3v) is 7.54. The van der Waals surface area contributed by atoms with E-state index in [0.29, 0.717) is 25.0 Å². The van der Waals surface area contributed by atoms with E-state index in [2.05, 4.69) is 0 Å². The molecule has 44 heavy (non-hydrogen) atoms. The van der Waals surface area contributed by atoms with E-state index in [0.717, 1.165) is 30.2 Å². The van der Waals surface area contributed by atoms with Crippen molar-refractivity contribution in [2.24, 2.45) is 5.92 Å². The molecule has 1 saturated carbocycles. The van der Waals surface area contributed by atoms with E-state index in [4.69, 9.17) is 9.47 Å². The molecule has 2 unspecified atom stereocenters. The molecule has 2 atom stereocenters. The number of ether oxygens (including phenoxy) is 2. The predicted octanol–water partition coefficient (Wildman–Crippen LogP) is 8.63. The lowest BCUT2D eigenvalue weighted by Crippen LogP contribution is -2.50. The van der Waals surface area contributed by atoms with Crippen molar-refractivity contribution in [2.45, 2.75) is 76.2 Å². The lowest BCUT2D eigenvalue weighted by atomic mass is 9.86. The Morgan fingerprint density at radius 2 is 1.45 bits per heavy atom. The molecule has 6 nitrogen and oxygen atoms in total. The molecular formula is C29H29F9N2O4. The zero-order chi connectivity index (χ0) is 32.8. The molecule has 0 aromatic heterocycles. The number of anilines is 1. The highest BCUT2D eigenvalue weighted by atomic mass is 19.4. The molecule has 2 amide bonds. The maximum Gasteiger partial charge on any atom is 0.416 e. The summed E-state index contributed by atoms with van der Waals surface area (Å²) in [6, 6.07) is 1.90. The third kappa shape index (κ3) is 7.34. The van der Waals surface area contributed by atoms with E-state index in [1.807, 2.05) is 0 Å². The Kier molecular flexibility index (Phi) is 9.09. The molecule has 1 aliphatic carbocycles. The van der Waals surface area contributed by atoms with Gasteiger partial charge in [0, 0.05) is 12.6 Å². The van der Waals surface area contributed by atoms with Crippen LogP contribution in [0.25, 0.3) is 0 Å². The fourth-order valence-corrected chi connectivity index (χ4v) is 5.43. The molecular weight excluding hydrogens is 611 g/mol. The summed E-state index contributed by atoms with van der Waals surface area (Å²) in [5.41, 5.74) is -4.62. The molecule has 4 rings (SSSR count). The van der Waals surface area contributed by atoms with E-state index in [1.165, 1.54) is 4.90 Å². The van der Waals surface area contributed by atoms with E-state index >= 15 is 0 Å². The number of methoxy groups -OCH3 is 1. The van der Waals surface area contributed by atoms with Crippen molar-refractivity contribution in [3.63, 3.8) is 0 Å². The van der Waals surface area contributed by atoms with Crippen LogP contribution in [0, 0.1) is 5.92 Å². The summed E-state index contributed by atoms with van der Waals surface area (Å²) in [5, 5.41) is 0. The number of carbonyl (C=O) groups is 2. The third-order valence-electron chi connectivity index (χ3n) is 7.54. The summed E-state index contributed by atoms with van der Waals surface area (Å²) in [4.78, 5) is 28.5. The number of nitrogens with zero attached hydrogens (tertiary/aromatic N) is 2. The molecule has 15 heteroatoms. The normalized spacial score (nSPS) is 19.1. The molecule has 0 radical (unpaired) electrons. The number of benzene rings is 2. The van der Waals surface area contributed by atoms with Gasteiger partial charge in [0.2, 0.25) is 0 Å². The topological polar surface area (TPSA) is 59.1 Å². The van der Waals surface area contributed by atoms with Crippen LogP contribution in [0.5, 0.6) is 0 Å². The second-order valence-corrected chi connectivity index (χ2v) is 11.1. The predicted molar refractivity (Wildman–Crippen MR) is 139 cm³/mol. The zero-order valence-corrected chi connectivity index (χ0v) is 23.7. The molecule has 1 heterocycles. The van der Waals surface area contributed by atoms with Crippen LogP contribution < -0.4 is 4.90 Å². The maximum atomic E-state index is 13.8. The van der Waals surface area contributed by atoms with Crippen LogP contribution in [-0.2, 0) is 34.4 Å². The first-order valence-electron chi connectivity index (χ1n) is 13.6. The monoisotopic (exact) mass is 640 g/mol. The second kappa shape index (κ2) is 12.0. The van der Waals surface area contributed by atoms with Crippen molar-refractivity contribution in [3.8, 4) is 0 Å².